The number of H-pyrrole nitrogens is 1. The molecule has 3 aromatic rings. The number of halogens is 3. The van der Waals surface area contributed by atoms with E-state index < -0.39 is 23.9 Å². The molecule has 0 atom stereocenters. The van der Waals surface area contributed by atoms with Crippen molar-refractivity contribution in [3.05, 3.63) is 54.1 Å². The molecule has 0 bridgehead atoms. The van der Waals surface area contributed by atoms with Crippen LogP contribution >= 0.6 is 0 Å². The summed E-state index contributed by atoms with van der Waals surface area (Å²) in [5.41, 5.74) is 1.43. The molecule has 2 heterocycles. The minimum atomic E-state index is -4.65. The number of anilines is 1. The van der Waals surface area contributed by atoms with Gasteiger partial charge in [0.15, 0.2) is 0 Å². The Kier molecular flexibility index (Phi) is 4.02. The summed E-state index contributed by atoms with van der Waals surface area (Å²) in [7, 11) is 0. The molecular weight excluding hydrogens is 325 g/mol. The fraction of sp³-hybridized carbons (Fsp3) is 0.143. The molecule has 0 fully saturated rings. The minimum Gasteiger partial charge on any atom is -0.293 e. The third-order valence-corrected chi connectivity index (χ3v) is 3.03. The lowest BCUT2D eigenvalue weighted by Crippen LogP contribution is -2.15. The number of alkyl halides is 3. The van der Waals surface area contributed by atoms with E-state index in [0.29, 0.717) is 5.56 Å². The van der Waals surface area contributed by atoms with Gasteiger partial charge in [-0.05, 0) is 17.7 Å². The first-order chi connectivity index (χ1) is 11.4. The molecule has 24 heavy (non-hydrogen) atoms. The van der Waals surface area contributed by atoms with Crippen LogP contribution in [0, 0.1) is 0 Å². The lowest BCUT2D eigenvalue weighted by atomic mass is 10.2. The molecule has 0 radical (unpaired) electrons. The van der Waals surface area contributed by atoms with Gasteiger partial charge in [-0.2, -0.15) is 23.3 Å². The number of aromatic nitrogens is 5. The van der Waals surface area contributed by atoms with E-state index in [1.807, 2.05) is 30.3 Å². The summed E-state index contributed by atoms with van der Waals surface area (Å²) in [4.78, 5) is 15.0. The van der Waals surface area contributed by atoms with Crippen molar-refractivity contribution >= 4 is 11.9 Å². The fourth-order valence-corrected chi connectivity index (χ4v) is 1.97. The van der Waals surface area contributed by atoms with E-state index in [1.165, 1.54) is 6.20 Å². The summed E-state index contributed by atoms with van der Waals surface area (Å²) < 4.78 is 38.8. The van der Waals surface area contributed by atoms with Crippen LogP contribution in [0.5, 0.6) is 0 Å². The number of carbonyl (C=O) groups is 1. The zero-order valence-corrected chi connectivity index (χ0v) is 12.1. The summed E-state index contributed by atoms with van der Waals surface area (Å²) in [6.07, 6.45) is -1.55. The smallest absolute Gasteiger partial charge is 0.293 e. The Morgan fingerprint density at radius 1 is 1.25 bits per heavy atom. The summed E-state index contributed by atoms with van der Waals surface area (Å²) >= 11 is 0. The average molecular weight is 336 g/mol. The van der Waals surface area contributed by atoms with Gasteiger partial charge in [0.2, 0.25) is 17.7 Å². The fourth-order valence-electron chi connectivity index (χ4n) is 1.97. The number of hydrogen-bond donors (Lipinski definition) is 2. The van der Waals surface area contributed by atoms with Gasteiger partial charge in [0, 0.05) is 6.20 Å². The van der Waals surface area contributed by atoms with Crippen molar-refractivity contribution in [3.8, 4) is 5.69 Å². The Labute approximate surface area is 133 Å². The van der Waals surface area contributed by atoms with Crippen LogP contribution in [0.25, 0.3) is 5.69 Å². The predicted molar refractivity (Wildman–Crippen MR) is 77.3 cm³/mol. The molecule has 0 spiro atoms. The molecule has 1 aromatic carbocycles. The average Bonchev–Trinajstić information content (AvgIpc) is 3.17. The third kappa shape index (κ3) is 3.59. The maximum absolute atomic E-state index is 12.4. The second-order valence-corrected chi connectivity index (χ2v) is 4.86. The summed E-state index contributed by atoms with van der Waals surface area (Å²) in [6, 6.07) is 9.27. The van der Waals surface area contributed by atoms with Gasteiger partial charge in [-0.3, -0.25) is 15.2 Å². The first-order valence-electron chi connectivity index (χ1n) is 6.80. The van der Waals surface area contributed by atoms with Gasteiger partial charge < -0.3 is 0 Å². The highest BCUT2D eigenvalue weighted by Gasteiger charge is 2.35. The van der Waals surface area contributed by atoms with Crippen LogP contribution in [0.15, 0.2) is 42.7 Å². The predicted octanol–water partition coefficient (Wildman–Crippen LogP) is 2.19. The highest BCUT2D eigenvalue weighted by molar-refractivity contribution is 5.90. The highest BCUT2D eigenvalue weighted by Crippen LogP contribution is 2.26. The number of aromatic amines is 1. The maximum atomic E-state index is 12.4. The Bertz CT molecular complexity index is 840. The number of para-hydroxylation sites is 1. The number of nitrogens with one attached hydrogen (secondary N) is 2. The van der Waals surface area contributed by atoms with E-state index in [9.17, 15) is 18.0 Å². The van der Waals surface area contributed by atoms with Crippen LogP contribution in [0.1, 0.15) is 11.4 Å². The molecule has 2 N–H and O–H groups in total. The zero-order chi connectivity index (χ0) is 17.2. The Morgan fingerprint density at radius 3 is 2.67 bits per heavy atom. The standard InChI is InChI=1S/C14H11F3N6O/c15-14(16,17)12-20-13(22-21-12)19-11(24)6-9-7-18-23(8-9)10-4-2-1-3-5-10/h1-5,7-8H,6H2,(H2,19,20,21,22,24). The topological polar surface area (TPSA) is 88.5 Å². The Morgan fingerprint density at radius 2 is 2.00 bits per heavy atom. The van der Waals surface area contributed by atoms with Gasteiger partial charge in [0.05, 0.1) is 18.3 Å². The molecule has 7 nitrogen and oxygen atoms in total. The first kappa shape index (κ1) is 15.7. The van der Waals surface area contributed by atoms with Crippen molar-refractivity contribution in [1.29, 1.82) is 0 Å². The molecule has 0 aliphatic rings. The monoisotopic (exact) mass is 336 g/mol. The number of benzene rings is 1. The SMILES string of the molecule is O=C(Cc1cnn(-c2ccccc2)c1)Nc1n[nH]c(C(F)(F)F)n1. The van der Waals surface area contributed by atoms with Gasteiger partial charge in [-0.15, -0.1) is 5.10 Å². The number of nitrogens with zero attached hydrogens (tertiary/aromatic N) is 4. The van der Waals surface area contributed by atoms with E-state index in [2.05, 4.69) is 20.5 Å². The highest BCUT2D eigenvalue weighted by atomic mass is 19.4. The quantitative estimate of drug-likeness (QED) is 0.764. The van der Waals surface area contributed by atoms with Crippen LogP contribution in [0.4, 0.5) is 19.1 Å². The molecule has 124 valence electrons. The second kappa shape index (κ2) is 6.14. The lowest BCUT2D eigenvalue weighted by Gasteiger charge is -2.00. The maximum Gasteiger partial charge on any atom is 0.451 e. The molecule has 10 heteroatoms. The summed E-state index contributed by atoms with van der Waals surface area (Å²) in [6.45, 7) is 0. The number of carbonyl (C=O) groups excluding carboxylic acids is 1. The van der Waals surface area contributed by atoms with E-state index in [0.717, 1.165) is 5.69 Å². The number of rotatable bonds is 4. The number of hydrogen-bond acceptors (Lipinski definition) is 4. The van der Waals surface area contributed by atoms with Crippen molar-refractivity contribution in [2.45, 2.75) is 12.6 Å². The van der Waals surface area contributed by atoms with E-state index in [4.69, 9.17) is 0 Å². The van der Waals surface area contributed by atoms with Crippen LogP contribution < -0.4 is 5.32 Å². The van der Waals surface area contributed by atoms with Crippen molar-refractivity contribution in [3.63, 3.8) is 0 Å². The molecular formula is C14H11F3N6O. The molecule has 0 saturated carbocycles. The van der Waals surface area contributed by atoms with Gasteiger partial charge in [-0.1, -0.05) is 18.2 Å². The van der Waals surface area contributed by atoms with Crippen LogP contribution in [0.2, 0.25) is 0 Å². The van der Waals surface area contributed by atoms with Crippen molar-refractivity contribution in [1.82, 2.24) is 25.0 Å². The normalized spacial score (nSPS) is 11.5. The van der Waals surface area contributed by atoms with Gasteiger partial charge in [-0.25, -0.2) is 4.68 Å². The second-order valence-electron chi connectivity index (χ2n) is 4.86. The first-order valence-corrected chi connectivity index (χ1v) is 6.80. The number of amides is 1. The molecule has 2 aromatic heterocycles. The largest absolute Gasteiger partial charge is 0.451 e. The zero-order valence-electron chi connectivity index (χ0n) is 12.1. The van der Waals surface area contributed by atoms with E-state index in [-0.39, 0.29) is 6.42 Å². The third-order valence-electron chi connectivity index (χ3n) is 3.03. The molecule has 0 saturated heterocycles. The van der Waals surface area contributed by atoms with Crippen molar-refractivity contribution < 1.29 is 18.0 Å². The summed E-state index contributed by atoms with van der Waals surface area (Å²) in [5, 5.41) is 11.4. The molecule has 0 aliphatic heterocycles. The van der Waals surface area contributed by atoms with E-state index in [1.54, 1.807) is 16.0 Å². The molecule has 0 unspecified atom stereocenters. The molecule has 0 aliphatic carbocycles. The van der Waals surface area contributed by atoms with Crippen LogP contribution in [0.3, 0.4) is 0 Å². The lowest BCUT2D eigenvalue weighted by molar-refractivity contribution is -0.144. The van der Waals surface area contributed by atoms with E-state index >= 15 is 0 Å². The minimum absolute atomic E-state index is 0.0667. The van der Waals surface area contributed by atoms with Gasteiger partial charge in [0.1, 0.15) is 0 Å². The Hall–Kier alpha value is -3.17. The van der Waals surface area contributed by atoms with Crippen molar-refractivity contribution in [2.75, 3.05) is 5.32 Å². The molecule has 1 amide bonds. The molecule has 3 rings (SSSR count). The Balaban J connectivity index is 1.63. The van der Waals surface area contributed by atoms with Crippen molar-refractivity contribution in [2.24, 2.45) is 0 Å². The van der Waals surface area contributed by atoms with Gasteiger partial charge >= 0.3 is 6.18 Å². The van der Waals surface area contributed by atoms with Gasteiger partial charge in [0.25, 0.3) is 0 Å². The summed E-state index contributed by atoms with van der Waals surface area (Å²) in [5.74, 6) is -2.24. The van der Waals surface area contributed by atoms with Crippen LogP contribution in [-0.4, -0.2) is 30.9 Å². The van der Waals surface area contributed by atoms with Crippen LogP contribution in [-0.2, 0) is 17.4 Å².